The third kappa shape index (κ3) is 3.53. The number of hydrogen-bond donors (Lipinski definition) is 0. The molecule has 0 aromatic carbocycles. The molecule has 1 rings (SSSR count). The van der Waals surface area contributed by atoms with Crippen LogP contribution in [0.15, 0.2) is 0 Å². The van der Waals surface area contributed by atoms with Crippen LogP contribution in [0.1, 0.15) is 19.8 Å². The van der Waals surface area contributed by atoms with E-state index in [0.29, 0.717) is 25.1 Å². The summed E-state index contributed by atoms with van der Waals surface area (Å²) in [5.41, 5.74) is 0. The molecule has 4 heteroatoms. The van der Waals surface area contributed by atoms with Gasteiger partial charge in [0.25, 0.3) is 0 Å². The van der Waals surface area contributed by atoms with Crippen LogP contribution in [0.5, 0.6) is 0 Å². The van der Waals surface area contributed by atoms with E-state index in [0.717, 1.165) is 12.8 Å². The summed E-state index contributed by atoms with van der Waals surface area (Å²) in [7, 11) is 0. The lowest BCUT2D eigenvalue weighted by Crippen LogP contribution is -2.37. The summed E-state index contributed by atoms with van der Waals surface area (Å²) in [6.45, 7) is 3.32. The molecule has 1 saturated carbocycles. The molecule has 1 aliphatic rings. The molecule has 0 spiro atoms. The van der Waals surface area contributed by atoms with Crippen LogP contribution >= 0.6 is 11.6 Å². The maximum Gasteiger partial charge on any atom is 0.248 e. The molecule has 0 aromatic heterocycles. The van der Waals surface area contributed by atoms with Crippen molar-refractivity contribution in [3.8, 4) is 0 Å². The van der Waals surface area contributed by atoms with E-state index in [1.807, 2.05) is 11.8 Å². The minimum atomic E-state index is 0.0741. The van der Waals surface area contributed by atoms with E-state index >= 15 is 0 Å². The van der Waals surface area contributed by atoms with E-state index in [2.05, 4.69) is 0 Å². The number of amides is 1. The molecule has 1 aliphatic carbocycles. The Hall–Kier alpha value is -0.280. The maximum absolute atomic E-state index is 11.5. The molecule has 0 atom stereocenters. The number of nitrogens with zero attached hydrogens (tertiary/aromatic N) is 1. The number of hydrogen-bond acceptors (Lipinski definition) is 2. The Kier molecular flexibility index (Phi) is 4.53. The molecular weight excluding hydrogens is 190 g/mol. The standard InChI is InChI=1S/C9H16ClNO2/c1-2-13-7-9(12)11(6-5-10)8-3-4-8/h8H,2-7H2,1H3. The van der Waals surface area contributed by atoms with Crippen molar-refractivity contribution in [3.63, 3.8) is 0 Å². The zero-order chi connectivity index (χ0) is 9.68. The van der Waals surface area contributed by atoms with Gasteiger partial charge in [-0.1, -0.05) is 0 Å². The van der Waals surface area contributed by atoms with Crippen LogP contribution in [-0.4, -0.2) is 42.5 Å². The molecule has 13 heavy (non-hydrogen) atoms. The number of alkyl halides is 1. The van der Waals surface area contributed by atoms with Crippen LogP contribution in [0, 0.1) is 0 Å². The summed E-state index contributed by atoms with van der Waals surface area (Å²) in [6, 6.07) is 0.437. The van der Waals surface area contributed by atoms with Crippen LogP contribution in [0.4, 0.5) is 0 Å². The van der Waals surface area contributed by atoms with E-state index in [9.17, 15) is 4.79 Å². The highest BCUT2D eigenvalue weighted by Crippen LogP contribution is 2.26. The highest BCUT2D eigenvalue weighted by molar-refractivity contribution is 6.18. The van der Waals surface area contributed by atoms with Crippen molar-refractivity contribution in [3.05, 3.63) is 0 Å². The largest absolute Gasteiger partial charge is 0.372 e. The minimum absolute atomic E-state index is 0.0741. The summed E-state index contributed by atoms with van der Waals surface area (Å²) >= 11 is 5.61. The van der Waals surface area contributed by atoms with Crippen molar-refractivity contribution in [2.75, 3.05) is 25.6 Å². The first-order valence-electron chi connectivity index (χ1n) is 4.72. The van der Waals surface area contributed by atoms with Gasteiger partial charge in [0, 0.05) is 25.1 Å². The van der Waals surface area contributed by atoms with E-state index in [1.165, 1.54) is 0 Å². The van der Waals surface area contributed by atoms with Crippen molar-refractivity contribution in [2.45, 2.75) is 25.8 Å². The molecule has 3 nitrogen and oxygen atoms in total. The van der Waals surface area contributed by atoms with Crippen molar-refractivity contribution in [1.29, 1.82) is 0 Å². The fraction of sp³-hybridized carbons (Fsp3) is 0.889. The SMILES string of the molecule is CCOCC(=O)N(CCCl)C1CC1. The minimum Gasteiger partial charge on any atom is -0.372 e. The summed E-state index contributed by atoms with van der Waals surface area (Å²) in [5.74, 6) is 0.582. The summed E-state index contributed by atoms with van der Waals surface area (Å²) in [5, 5.41) is 0. The Morgan fingerprint density at radius 2 is 2.31 bits per heavy atom. The van der Waals surface area contributed by atoms with E-state index < -0.39 is 0 Å². The molecule has 1 amide bonds. The topological polar surface area (TPSA) is 29.5 Å². The third-order valence-corrected chi connectivity index (χ3v) is 2.23. The second-order valence-electron chi connectivity index (χ2n) is 3.14. The van der Waals surface area contributed by atoms with Gasteiger partial charge in [0.15, 0.2) is 0 Å². The Bertz CT molecular complexity index is 171. The van der Waals surface area contributed by atoms with Crippen LogP contribution in [-0.2, 0) is 9.53 Å². The highest BCUT2D eigenvalue weighted by Gasteiger charge is 2.31. The van der Waals surface area contributed by atoms with Crippen LogP contribution in [0.25, 0.3) is 0 Å². The second-order valence-corrected chi connectivity index (χ2v) is 3.52. The van der Waals surface area contributed by atoms with Gasteiger partial charge in [0.05, 0.1) is 0 Å². The second kappa shape index (κ2) is 5.45. The Balaban J connectivity index is 2.29. The first kappa shape index (κ1) is 10.8. The first-order valence-corrected chi connectivity index (χ1v) is 5.26. The lowest BCUT2D eigenvalue weighted by molar-refractivity contribution is -0.136. The average Bonchev–Trinajstić information content (AvgIpc) is 2.93. The average molecular weight is 206 g/mol. The smallest absolute Gasteiger partial charge is 0.248 e. The van der Waals surface area contributed by atoms with E-state index in [1.54, 1.807) is 0 Å². The van der Waals surface area contributed by atoms with Gasteiger partial charge >= 0.3 is 0 Å². The van der Waals surface area contributed by atoms with Gasteiger partial charge in [0.2, 0.25) is 5.91 Å². The fourth-order valence-electron chi connectivity index (χ4n) is 1.26. The van der Waals surface area contributed by atoms with Crippen LogP contribution < -0.4 is 0 Å². The molecule has 0 aromatic rings. The van der Waals surface area contributed by atoms with Crippen molar-refractivity contribution in [2.24, 2.45) is 0 Å². The Morgan fingerprint density at radius 1 is 1.62 bits per heavy atom. The molecule has 0 saturated heterocycles. The molecule has 76 valence electrons. The van der Waals surface area contributed by atoms with Gasteiger partial charge in [0.1, 0.15) is 6.61 Å². The Morgan fingerprint density at radius 3 is 2.77 bits per heavy atom. The molecular formula is C9H16ClNO2. The fourth-order valence-corrected chi connectivity index (χ4v) is 1.44. The first-order chi connectivity index (χ1) is 6.29. The van der Waals surface area contributed by atoms with E-state index in [-0.39, 0.29) is 12.5 Å². The van der Waals surface area contributed by atoms with Crippen LogP contribution in [0.2, 0.25) is 0 Å². The number of halogens is 1. The van der Waals surface area contributed by atoms with Crippen molar-refractivity contribution >= 4 is 17.5 Å². The van der Waals surface area contributed by atoms with Crippen molar-refractivity contribution in [1.82, 2.24) is 4.90 Å². The molecule has 0 aliphatic heterocycles. The number of carbonyl (C=O) groups is 1. The maximum atomic E-state index is 11.5. The van der Waals surface area contributed by atoms with E-state index in [4.69, 9.17) is 16.3 Å². The molecule has 0 bridgehead atoms. The van der Waals surface area contributed by atoms with Gasteiger partial charge < -0.3 is 9.64 Å². The van der Waals surface area contributed by atoms with Gasteiger partial charge in [-0.15, -0.1) is 11.6 Å². The molecule has 0 N–H and O–H groups in total. The molecule has 1 fully saturated rings. The van der Waals surface area contributed by atoms with Gasteiger partial charge in [-0.2, -0.15) is 0 Å². The van der Waals surface area contributed by atoms with Crippen molar-refractivity contribution < 1.29 is 9.53 Å². The number of carbonyl (C=O) groups excluding carboxylic acids is 1. The zero-order valence-corrected chi connectivity index (χ0v) is 8.72. The monoisotopic (exact) mass is 205 g/mol. The molecule has 0 radical (unpaired) electrons. The number of ether oxygens (including phenoxy) is 1. The van der Waals surface area contributed by atoms with Gasteiger partial charge in [-0.3, -0.25) is 4.79 Å². The Labute approximate surface area is 84.0 Å². The normalized spacial score (nSPS) is 15.8. The lowest BCUT2D eigenvalue weighted by atomic mass is 10.4. The molecule has 0 heterocycles. The molecule has 0 unspecified atom stereocenters. The summed E-state index contributed by atoms with van der Waals surface area (Å²) in [4.78, 5) is 13.4. The lowest BCUT2D eigenvalue weighted by Gasteiger charge is -2.20. The summed E-state index contributed by atoms with van der Waals surface area (Å²) in [6.07, 6.45) is 2.24. The number of rotatable bonds is 6. The predicted octanol–water partition coefficient (Wildman–Crippen LogP) is 1.25. The summed E-state index contributed by atoms with van der Waals surface area (Å²) < 4.78 is 5.07. The highest BCUT2D eigenvalue weighted by atomic mass is 35.5. The quantitative estimate of drug-likeness (QED) is 0.611. The predicted molar refractivity (Wildman–Crippen MR) is 51.9 cm³/mol. The zero-order valence-electron chi connectivity index (χ0n) is 7.96. The third-order valence-electron chi connectivity index (χ3n) is 2.06. The van der Waals surface area contributed by atoms with Gasteiger partial charge in [-0.05, 0) is 19.8 Å². The van der Waals surface area contributed by atoms with Gasteiger partial charge in [-0.25, -0.2) is 0 Å². The van der Waals surface area contributed by atoms with Crippen LogP contribution in [0.3, 0.4) is 0 Å².